The van der Waals surface area contributed by atoms with Crippen LogP contribution in [0.5, 0.6) is 0 Å². The zero-order chi connectivity index (χ0) is 23.6. The first kappa shape index (κ1) is 22.9. The number of pyridine rings is 1. The zero-order valence-electron chi connectivity index (χ0n) is 19.7. The van der Waals surface area contributed by atoms with Crippen molar-refractivity contribution in [2.75, 3.05) is 10.6 Å². The first-order valence-electron chi connectivity index (χ1n) is 11.6. The van der Waals surface area contributed by atoms with E-state index < -0.39 is 11.7 Å². The van der Waals surface area contributed by atoms with Crippen LogP contribution in [0.3, 0.4) is 0 Å². The molecule has 1 fully saturated rings. The van der Waals surface area contributed by atoms with E-state index in [1.807, 2.05) is 58.0 Å². The van der Waals surface area contributed by atoms with Crippen molar-refractivity contribution in [1.82, 2.24) is 15.6 Å². The van der Waals surface area contributed by atoms with Crippen LogP contribution >= 0.6 is 0 Å². The molecule has 2 atom stereocenters. The molecule has 4 rings (SSSR count). The summed E-state index contributed by atoms with van der Waals surface area (Å²) in [6, 6.07) is 9.85. The molecule has 33 heavy (non-hydrogen) atoms. The minimum absolute atomic E-state index is 0.0219. The highest BCUT2D eigenvalue weighted by atomic mass is 16.6. The average molecular weight is 452 g/mol. The Morgan fingerprint density at radius 1 is 1.15 bits per heavy atom. The third-order valence-corrected chi connectivity index (χ3v) is 5.85. The Kier molecular flexibility index (Phi) is 6.44. The Labute approximate surface area is 194 Å². The standard InChI is InChI=1S/C25H33N5O3/c1-15-8-7-9-17(12-15)27-22-21-16(14-26-23(21)31)13-20(30-22)28-18-10-5-6-11-19(18)29-24(32)33-25(2,3)4/h7-9,12-13,18-19H,5-6,10-11,14H2,1-4H3,(H,26,31)(H,29,32)(H2,27,28,30)/t18?,19-/m0/s1. The third kappa shape index (κ3) is 5.74. The van der Waals surface area contributed by atoms with Gasteiger partial charge in [-0.15, -0.1) is 0 Å². The molecule has 1 saturated carbocycles. The van der Waals surface area contributed by atoms with E-state index in [-0.39, 0.29) is 18.0 Å². The Morgan fingerprint density at radius 3 is 2.64 bits per heavy atom. The quantitative estimate of drug-likeness (QED) is 0.529. The topological polar surface area (TPSA) is 104 Å². The molecule has 8 nitrogen and oxygen atoms in total. The van der Waals surface area contributed by atoms with Gasteiger partial charge < -0.3 is 26.0 Å². The summed E-state index contributed by atoms with van der Waals surface area (Å²) in [6.07, 6.45) is 3.51. The number of hydrogen-bond acceptors (Lipinski definition) is 6. The monoisotopic (exact) mass is 451 g/mol. The van der Waals surface area contributed by atoms with Crippen LogP contribution in [-0.2, 0) is 11.3 Å². The number of benzene rings is 1. The van der Waals surface area contributed by atoms with E-state index in [4.69, 9.17) is 9.72 Å². The number of hydrogen-bond donors (Lipinski definition) is 4. The van der Waals surface area contributed by atoms with Gasteiger partial charge in [0.05, 0.1) is 11.6 Å². The number of nitrogens with zero attached hydrogens (tertiary/aromatic N) is 1. The van der Waals surface area contributed by atoms with Crippen molar-refractivity contribution in [1.29, 1.82) is 0 Å². The number of ether oxygens (including phenoxy) is 1. The van der Waals surface area contributed by atoms with Crippen LogP contribution in [-0.4, -0.2) is 34.7 Å². The second kappa shape index (κ2) is 9.29. The minimum Gasteiger partial charge on any atom is -0.444 e. The SMILES string of the molecule is Cc1cccc(Nc2nc(NC3CCCC[C@@H]3NC(=O)OC(C)(C)C)cc3c2C(=O)NC3)c1. The second-order valence-corrected chi connectivity index (χ2v) is 9.86. The number of carbonyl (C=O) groups excluding carboxylic acids is 2. The smallest absolute Gasteiger partial charge is 0.407 e. The molecule has 1 unspecified atom stereocenters. The molecule has 2 aromatic rings. The van der Waals surface area contributed by atoms with Gasteiger partial charge in [-0.05, 0) is 69.9 Å². The number of aromatic nitrogens is 1. The summed E-state index contributed by atoms with van der Waals surface area (Å²) in [5, 5.41) is 12.8. The molecule has 8 heteroatoms. The highest BCUT2D eigenvalue weighted by Crippen LogP contribution is 2.30. The molecular formula is C25H33N5O3. The van der Waals surface area contributed by atoms with Gasteiger partial charge in [0.25, 0.3) is 5.91 Å². The molecule has 0 spiro atoms. The summed E-state index contributed by atoms with van der Waals surface area (Å²) in [6.45, 7) is 8.06. The molecule has 4 N–H and O–H groups in total. The number of alkyl carbamates (subject to hydrolysis) is 1. The normalized spacial score (nSPS) is 19.9. The van der Waals surface area contributed by atoms with E-state index in [1.54, 1.807) is 0 Å². The lowest BCUT2D eigenvalue weighted by Crippen LogP contribution is -2.49. The highest BCUT2D eigenvalue weighted by molar-refractivity contribution is 6.03. The fraction of sp³-hybridized carbons (Fsp3) is 0.480. The van der Waals surface area contributed by atoms with E-state index in [9.17, 15) is 9.59 Å². The van der Waals surface area contributed by atoms with Crippen molar-refractivity contribution in [3.05, 3.63) is 47.0 Å². The summed E-state index contributed by atoms with van der Waals surface area (Å²) in [5.41, 5.74) is 2.94. The van der Waals surface area contributed by atoms with Crippen molar-refractivity contribution < 1.29 is 14.3 Å². The van der Waals surface area contributed by atoms with Gasteiger partial charge in [-0.25, -0.2) is 9.78 Å². The molecular weight excluding hydrogens is 418 g/mol. The number of carbonyl (C=O) groups is 2. The maximum absolute atomic E-state index is 12.5. The first-order chi connectivity index (χ1) is 15.7. The van der Waals surface area contributed by atoms with Gasteiger partial charge in [0.1, 0.15) is 17.2 Å². The van der Waals surface area contributed by atoms with E-state index in [1.165, 1.54) is 0 Å². The molecule has 0 radical (unpaired) electrons. The van der Waals surface area contributed by atoms with Crippen LogP contribution in [0.1, 0.15) is 67.9 Å². The van der Waals surface area contributed by atoms with Crippen LogP contribution in [0, 0.1) is 6.92 Å². The largest absolute Gasteiger partial charge is 0.444 e. The molecule has 2 heterocycles. The van der Waals surface area contributed by atoms with Crippen LogP contribution in [0.25, 0.3) is 0 Å². The van der Waals surface area contributed by atoms with Gasteiger partial charge >= 0.3 is 6.09 Å². The molecule has 1 aliphatic heterocycles. The van der Waals surface area contributed by atoms with Crippen LogP contribution < -0.4 is 21.3 Å². The maximum atomic E-state index is 12.5. The Morgan fingerprint density at radius 2 is 1.91 bits per heavy atom. The lowest BCUT2D eigenvalue weighted by molar-refractivity contribution is 0.0488. The van der Waals surface area contributed by atoms with Crippen LogP contribution in [0.2, 0.25) is 0 Å². The number of nitrogens with one attached hydrogen (secondary N) is 4. The molecule has 2 amide bonds. The van der Waals surface area contributed by atoms with Gasteiger partial charge in [-0.1, -0.05) is 25.0 Å². The summed E-state index contributed by atoms with van der Waals surface area (Å²) in [4.78, 5) is 29.6. The molecule has 2 aliphatic rings. The lowest BCUT2D eigenvalue weighted by atomic mass is 9.90. The van der Waals surface area contributed by atoms with Gasteiger partial charge in [-0.2, -0.15) is 0 Å². The maximum Gasteiger partial charge on any atom is 0.407 e. The Balaban J connectivity index is 1.55. The fourth-order valence-electron chi connectivity index (χ4n) is 4.40. The average Bonchev–Trinajstić information content (AvgIpc) is 3.09. The van der Waals surface area contributed by atoms with E-state index in [0.29, 0.717) is 23.7 Å². The van der Waals surface area contributed by atoms with Gasteiger partial charge in [0.15, 0.2) is 0 Å². The third-order valence-electron chi connectivity index (χ3n) is 5.85. The second-order valence-electron chi connectivity index (χ2n) is 9.86. The summed E-state index contributed by atoms with van der Waals surface area (Å²) in [5.74, 6) is 1.09. The van der Waals surface area contributed by atoms with Crippen molar-refractivity contribution in [3.63, 3.8) is 0 Å². The zero-order valence-corrected chi connectivity index (χ0v) is 19.7. The predicted octanol–water partition coefficient (Wildman–Crippen LogP) is 4.62. The molecule has 1 aliphatic carbocycles. The van der Waals surface area contributed by atoms with Gasteiger partial charge in [0, 0.05) is 18.3 Å². The fourth-order valence-corrected chi connectivity index (χ4v) is 4.40. The summed E-state index contributed by atoms with van der Waals surface area (Å²) >= 11 is 0. The lowest BCUT2D eigenvalue weighted by Gasteiger charge is -2.34. The van der Waals surface area contributed by atoms with Gasteiger partial charge in [-0.3, -0.25) is 4.79 Å². The van der Waals surface area contributed by atoms with E-state index >= 15 is 0 Å². The van der Waals surface area contributed by atoms with E-state index in [0.717, 1.165) is 42.5 Å². The number of rotatable bonds is 5. The minimum atomic E-state index is -0.543. The van der Waals surface area contributed by atoms with Crippen molar-refractivity contribution in [3.8, 4) is 0 Å². The van der Waals surface area contributed by atoms with Crippen molar-refractivity contribution >= 4 is 29.3 Å². The molecule has 0 saturated heterocycles. The number of amides is 2. The Bertz CT molecular complexity index is 1050. The highest BCUT2D eigenvalue weighted by Gasteiger charge is 2.30. The molecule has 1 aromatic carbocycles. The number of anilines is 3. The summed E-state index contributed by atoms with van der Waals surface area (Å²) in [7, 11) is 0. The van der Waals surface area contributed by atoms with Gasteiger partial charge in [0.2, 0.25) is 0 Å². The van der Waals surface area contributed by atoms with Crippen molar-refractivity contribution in [2.45, 2.75) is 77.6 Å². The number of fused-ring (bicyclic) bond motifs is 1. The first-order valence-corrected chi connectivity index (χ1v) is 11.6. The predicted molar refractivity (Wildman–Crippen MR) is 129 cm³/mol. The van der Waals surface area contributed by atoms with Crippen LogP contribution in [0.4, 0.5) is 22.1 Å². The number of aryl methyl sites for hydroxylation is 1. The molecule has 1 aromatic heterocycles. The van der Waals surface area contributed by atoms with Crippen LogP contribution in [0.15, 0.2) is 30.3 Å². The molecule has 0 bridgehead atoms. The Hall–Kier alpha value is -3.29. The van der Waals surface area contributed by atoms with E-state index in [2.05, 4.69) is 21.3 Å². The van der Waals surface area contributed by atoms with Crippen molar-refractivity contribution in [2.24, 2.45) is 0 Å². The summed E-state index contributed by atoms with van der Waals surface area (Å²) < 4.78 is 5.46. The molecule has 176 valence electrons.